The van der Waals surface area contributed by atoms with Gasteiger partial charge in [-0.1, -0.05) is 27.7 Å². The van der Waals surface area contributed by atoms with Gasteiger partial charge in [0.2, 0.25) is 5.16 Å². The Bertz CT molecular complexity index is 653. The Hall–Kier alpha value is -1.32. The fourth-order valence-corrected chi connectivity index (χ4v) is 3.32. The van der Waals surface area contributed by atoms with Crippen LogP contribution in [0, 0.1) is 0 Å². The molecule has 2 rings (SSSR count). The lowest BCUT2D eigenvalue weighted by Gasteiger charge is -2.13. The predicted molar refractivity (Wildman–Crippen MR) is 97.7 cm³/mol. The minimum Gasteiger partial charge on any atom is -0.493 e. The van der Waals surface area contributed by atoms with Gasteiger partial charge in [-0.05, 0) is 48.0 Å². The van der Waals surface area contributed by atoms with Crippen LogP contribution in [0.1, 0.15) is 18.9 Å². The van der Waals surface area contributed by atoms with Crippen molar-refractivity contribution in [2.75, 3.05) is 26.0 Å². The fourth-order valence-electron chi connectivity index (χ4n) is 2.07. The summed E-state index contributed by atoms with van der Waals surface area (Å²) in [4.78, 5) is 0. The van der Waals surface area contributed by atoms with E-state index < -0.39 is 0 Å². The van der Waals surface area contributed by atoms with Crippen LogP contribution >= 0.6 is 27.7 Å². The van der Waals surface area contributed by atoms with Crippen LogP contribution in [0.15, 0.2) is 21.8 Å². The van der Waals surface area contributed by atoms with Crippen LogP contribution in [0.5, 0.6) is 11.5 Å². The molecule has 9 heteroatoms. The molecule has 0 saturated carbocycles. The molecule has 2 aromatic rings. The largest absolute Gasteiger partial charge is 0.493 e. The van der Waals surface area contributed by atoms with Crippen LogP contribution in [0.4, 0.5) is 0 Å². The Labute approximate surface area is 154 Å². The number of aromatic nitrogens is 4. The van der Waals surface area contributed by atoms with Gasteiger partial charge in [-0.3, -0.25) is 0 Å². The van der Waals surface area contributed by atoms with Crippen LogP contribution in [0.25, 0.3) is 0 Å². The van der Waals surface area contributed by atoms with Gasteiger partial charge in [0, 0.05) is 23.8 Å². The smallest absolute Gasteiger partial charge is 0.209 e. The summed E-state index contributed by atoms with van der Waals surface area (Å²) < 4.78 is 13.7. The van der Waals surface area contributed by atoms with E-state index in [1.54, 1.807) is 23.6 Å². The summed E-state index contributed by atoms with van der Waals surface area (Å²) >= 11 is 5.25. The summed E-state index contributed by atoms with van der Waals surface area (Å²) in [5.74, 6) is 2.47. The van der Waals surface area contributed by atoms with Crippen molar-refractivity contribution < 1.29 is 9.47 Å². The number of benzene rings is 1. The zero-order chi connectivity index (χ0) is 17.4. The normalized spacial score (nSPS) is 10.8. The Morgan fingerprint density at radius 2 is 2.17 bits per heavy atom. The number of hydrogen-bond donors (Lipinski definition) is 1. The zero-order valence-corrected chi connectivity index (χ0v) is 16.5. The maximum Gasteiger partial charge on any atom is 0.209 e. The summed E-state index contributed by atoms with van der Waals surface area (Å²) in [7, 11) is 3.50. The standard InChI is InChI=1S/C15H22BrN5O2S/c1-4-23-14-9-12(16)11(8-13(14)22-3)10-17-6-5-7-24-15-18-19-20-21(15)2/h8-9,17H,4-7,10H2,1-3H3. The van der Waals surface area contributed by atoms with E-state index in [2.05, 4.69) is 36.8 Å². The summed E-state index contributed by atoms with van der Waals surface area (Å²) in [6.07, 6.45) is 1.03. The number of tetrazole rings is 1. The third-order valence-corrected chi connectivity index (χ3v) is 5.09. The third kappa shape index (κ3) is 5.35. The van der Waals surface area contributed by atoms with E-state index in [0.717, 1.165) is 52.0 Å². The second-order valence-electron chi connectivity index (χ2n) is 4.99. The van der Waals surface area contributed by atoms with E-state index in [9.17, 15) is 0 Å². The second-order valence-corrected chi connectivity index (χ2v) is 6.91. The van der Waals surface area contributed by atoms with Crippen molar-refractivity contribution in [2.24, 2.45) is 7.05 Å². The van der Waals surface area contributed by atoms with Gasteiger partial charge in [0.25, 0.3) is 0 Å². The van der Waals surface area contributed by atoms with Gasteiger partial charge in [0.1, 0.15) is 0 Å². The molecule has 0 spiro atoms. The first-order chi connectivity index (χ1) is 11.7. The van der Waals surface area contributed by atoms with Gasteiger partial charge >= 0.3 is 0 Å². The molecule has 0 fully saturated rings. The van der Waals surface area contributed by atoms with Gasteiger partial charge in [-0.25, -0.2) is 4.68 Å². The van der Waals surface area contributed by atoms with Gasteiger partial charge in [0.05, 0.1) is 13.7 Å². The van der Waals surface area contributed by atoms with Crippen LogP contribution < -0.4 is 14.8 Å². The maximum atomic E-state index is 5.57. The molecule has 0 atom stereocenters. The number of rotatable bonds is 10. The number of halogens is 1. The Morgan fingerprint density at radius 3 is 2.83 bits per heavy atom. The average Bonchev–Trinajstić information content (AvgIpc) is 2.98. The van der Waals surface area contributed by atoms with Gasteiger partial charge < -0.3 is 14.8 Å². The average molecular weight is 416 g/mol. The molecule has 0 bridgehead atoms. The molecule has 0 aliphatic carbocycles. The minimum absolute atomic E-state index is 0.610. The molecule has 0 unspecified atom stereocenters. The van der Waals surface area contributed by atoms with Crippen molar-refractivity contribution >= 4 is 27.7 Å². The molecule has 1 aromatic heterocycles. The first kappa shape index (κ1) is 19.0. The SMILES string of the molecule is CCOc1cc(Br)c(CNCCCSc2nnnn2C)cc1OC. The van der Waals surface area contributed by atoms with Crippen molar-refractivity contribution in [1.82, 2.24) is 25.5 Å². The van der Waals surface area contributed by atoms with Gasteiger partial charge in [-0.15, -0.1) is 5.10 Å². The van der Waals surface area contributed by atoms with Crippen LogP contribution in [0.2, 0.25) is 0 Å². The highest BCUT2D eigenvalue weighted by Gasteiger charge is 2.10. The molecular formula is C15H22BrN5O2S. The van der Waals surface area contributed by atoms with Crippen LogP contribution in [-0.4, -0.2) is 46.2 Å². The molecule has 0 radical (unpaired) electrons. The van der Waals surface area contributed by atoms with Crippen molar-refractivity contribution in [2.45, 2.75) is 25.0 Å². The Morgan fingerprint density at radius 1 is 1.33 bits per heavy atom. The van der Waals surface area contributed by atoms with E-state index in [0.29, 0.717) is 6.61 Å². The number of ether oxygens (including phenoxy) is 2. The highest BCUT2D eigenvalue weighted by Crippen LogP contribution is 2.33. The highest BCUT2D eigenvalue weighted by molar-refractivity contribution is 9.10. The number of nitrogens with one attached hydrogen (secondary N) is 1. The maximum absolute atomic E-state index is 5.57. The fraction of sp³-hybridized carbons (Fsp3) is 0.533. The molecule has 1 heterocycles. The zero-order valence-electron chi connectivity index (χ0n) is 14.1. The van der Waals surface area contributed by atoms with Gasteiger partial charge in [0.15, 0.2) is 11.5 Å². The highest BCUT2D eigenvalue weighted by atomic mass is 79.9. The molecule has 0 aliphatic heterocycles. The van der Waals surface area contributed by atoms with E-state index in [-0.39, 0.29) is 0 Å². The first-order valence-electron chi connectivity index (χ1n) is 7.70. The van der Waals surface area contributed by atoms with E-state index >= 15 is 0 Å². The van der Waals surface area contributed by atoms with E-state index in [1.807, 2.05) is 26.1 Å². The molecule has 1 aromatic carbocycles. The third-order valence-electron chi connectivity index (χ3n) is 3.26. The summed E-state index contributed by atoms with van der Waals surface area (Å²) in [5.41, 5.74) is 1.14. The molecular weight excluding hydrogens is 394 g/mol. The molecule has 0 aliphatic rings. The number of hydrogen-bond acceptors (Lipinski definition) is 7. The van der Waals surface area contributed by atoms with Gasteiger partial charge in [-0.2, -0.15) is 0 Å². The van der Waals surface area contributed by atoms with E-state index in [1.165, 1.54) is 0 Å². The van der Waals surface area contributed by atoms with Crippen LogP contribution in [-0.2, 0) is 13.6 Å². The van der Waals surface area contributed by atoms with Crippen molar-refractivity contribution in [3.63, 3.8) is 0 Å². The molecule has 1 N–H and O–H groups in total. The molecule has 0 amide bonds. The topological polar surface area (TPSA) is 74.1 Å². The molecule has 7 nitrogen and oxygen atoms in total. The molecule has 0 saturated heterocycles. The molecule has 132 valence electrons. The number of nitrogens with zero attached hydrogens (tertiary/aromatic N) is 4. The number of methoxy groups -OCH3 is 1. The summed E-state index contributed by atoms with van der Waals surface area (Å²) in [6.45, 7) is 4.25. The quantitative estimate of drug-likeness (QED) is 0.472. The second kappa shape index (κ2) is 9.85. The minimum atomic E-state index is 0.610. The monoisotopic (exact) mass is 415 g/mol. The predicted octanol–water partition coefficient (Wildman–Crippen LogP) is 2.65. The first-order valence-corrected chi connectivity index (χ1v) is 9.48. The van der Waals surface area contributed by atoms with Crippen molar-refractivity contribution in [3.05, 3.63) is 22.2 Å². The van der Waals surface area contributed by atoms with E-state index in [4.69, 9.17) is 9.47 Å². The van der Waals surface area contributed by atoms with Crippen molar-refractivity contribution in [3.8, 4) is 11.5 Å². The Balaban J connectivity index is 1.76. The number of aryl methyl sites for hydroxylation is 1. The summed E-state index contributed by atoms with van der Waals surface area (Å²) in [6, 6.07) is 3.96. The lowest BCUT2D eigenvalue weighted by atomic mass is 10.2. The van der Waals surface area contributed by atoms with Crippen molar-refractivity contribution in [1.29, 1.82) is 0 Å². The molecule has 24 heavy (non-hydrogen) atoms. The lowest BCUT2D eigenvalue weighted by Crippen LogP contribution is -2.16. The number of thioether (sulfide) groups is 1. The lowest BCUT2D eigenvalue weighted by molar-refractivity contribution is 0.310. The Kier molecular flexibility index (Phi) is 7.80. The summed E-state index contributed by atoms with van der Waals surface area (Å²) in [5, 5.41) is 15.7. The van der Waals surface area contributed by atoms with Crippen LogP contribution in [0.3, 0.4) is 0 Å².